The van der Waals surface area contributed by atoms with Gasteiger partial charge in [0.05, 0.1) is 17.1 Å². The zero-order valence-electron chi connectivity index (χ0n) is 15.3. The maximum absolute atomic E-state index is 12.5. The van der Waals surface area contributed by atoms with Gasteiger partial charge in [0, 0.05) is 12.2 Å². The van der Waals surface area contributed by atoms with E-state index in [0.717, 1.165) is 5.56 Å². The fourth-order valence-corrected chi connectivity index (χ4v) is 2.76. The molecule has 1 aromatic heterocycles. The topological polar surface area (TPSA) is 90.2 Å². The summed E-state index contributed by atoms with van der Waals surface area (Å²) in [5.41, 5.74) is 2.38. The van der Waals surface area contributed by atoms with Crippen LogP contribution in [0.15, 0.2) is 47.3 Å². The Labute approximate surface area is 159 Å². The summed E-state index contributed by atoms with van der Waals surface area (Å²) in [5.74, 6) is -0.122. The van der Waals surface area contributed by atoms with E-state index in [1.54, 1.807) is 44.3 Å². The molecule has 7 nitrogen and oxygen atoms in total. The third-order valence-corrected chi connectivity index (χ3v) is 4.40. The molecule has 3 N–H and O–H groups in total. The van der Waals surface area contributed by atoms with Crippen molar-refractivity contribution in [3.63, 3.8) is 0 Å². The summed E-state index contributed by atoms with van der Waals surface area (Å²) in [5, 5.41) is 2.82. The minimum atomic E-state index is -2.86. The molecule has 0 aliphatic heterocycles. The van der Waals surface area contributed by atoms with Gasteiger partial charge < -0.3 is 20.0 Å². The van der Waals surface area contributed by atoms with Crippen LogP contribution in [0, 0.1) is 0 Å². The van der Waals surface area contributed by atoms with Gasteiger partial charge >= 0.3 is 12.3 Å². The quantitative estimate of drug-likeness (QED) is 0.579. The molecule has 0 aliphatic rings. The predicted molar refractivity (Wildman–Crippen MR) is 102 cm³/mol. The molecule has 28 heavy (non-hydrogen) atoms. The number of carbonyl (C=O) groups excluding carboxylic acids is 1. The van der Waals surface area contributed by atoms with Gasteiger partial charge in [0.15, 0.2) is 0 Å². The van der Waals surface area contributed by atoms with Crippen LogP contribution in [-0.2, 0) is 11.3 Å². The molecule has 1 heterocycles. The maximum Gasteiger partial charge on any atom is 0.387 e. The minimum Gasteiger partial charge on any atom is -0.435 e. The number of nitrogens with zero attached hydrogens (tertiary/aromatic N) is 1. The first-order chi connectivity index (χ1) is 13.3. The van der Waals surface area contributed by atoms with Gasteiger partial charge in [0.1, 0.15) is 5.75 Å². The first kappa shape index (κ1) is 19.6. The summed E-state index contributed by atoms with van der Waals surface area (Å²) in [4.78, 5) is 31.0. The lowest BCUT2D eigenvalue weighted by Crippen LogP contribution is -2.39. The number of rotatable bonds is 7. The number of benzene rings is 2. The van der Waals surface area contributed by atoms with Crippen LogP contribution in [-0.4, -0.2) is 40.5 Å². The lowest BCUT2D eigenvalue weighted by Gasteiger charge is -2.24. The first-order valence-electron chi connectivity index (χ1n) is 8.59. The Morgan fingerprint density at radius 1 is 1.14 bits per heavy atom. The lowest BCUT2D eigenvalue weighted by molar-refractivity contribution is -0.120. The second-order valence-electron chi connectivity index (χ2n) is 6.44. The van der Waals surface area contributed by atoms with Crippen LogP contribution >= 0.6 is 0 Å². The van der Waals surface area contributed by atoms with Gasteiger partial charge in [-0.15, -0.1) is 0 Å². The summed E-state index contributed by atoms with van der Waals surface area (Å²) in [6, 6.07) is 10.9. The number of likely N-dealkylation sites (N-methyl/N-ethyl adjacent to an activating group) is 1. The zero-order chi connectivity index (χ0) is 20.3. The van der Waals surface area contributed by atoms with Crippen molar-refractivity contribution in [1.82, 2.24) is 14.9 Å². The largest absolute Gasteiger partial charge is 0.435 e. The molecular weight excluding hydrogens is 370 g/mol. The van der Waals surface area contributed by atoms with Gasteiger partial charge in [-0.2, -0.15) is 8.78 Å². The predicted octanol–water partition coefficient (Wildman–Crippen LogP) is 2.92. The molecule has 0 saturated carbocycles. The molecule has 148 valence electrons. The van der Waals surface area contributed by atoms with Crippen molar-refractivity contribution >= 4 is 22.6 Å². The van der Waals surface area contributed by atoms with Gasteiger partial charge in [0.2, 0.25) is 5.91 Å². The van der Waals surface area contributed by atoms with Gasteiger partial charge in [-0.3, -0.25) is 9.69 Å². The molecule has 1 amide bonds. The molecule has 0 fully saturated rings. The van der Waals surface area contributed by atoms with E-state index in [4.69, 9.17) is 0 Å². The van der Waals surface area contributed by atoms with Crippen LogP contribution in [0.2, 0.25) is 0 Å². The standard InChI is InChI=1S/C19H20F2N4O3/c1-11(25(2)10-12-3-6-14(7-4-12)28-18(20)21)17(26)22-13-5-8-15-16(9-13)24-19(27)23-15/h3-9,11,18H,10H2,1-2H3,(H,22,26)(H2,23,24,27). The van der Waals surface area contributed by atoms with Crippen LogP contribution in [0.5, 0.6) is 5.75 Å². The Hall–Kier alpha value is -3.20. The van der Waals surface area contributed by atoms with Crippen molar-refractivity contribution in [2.45, 2.75) is 26.1 Å². The second-order valence-corrected chi connectivity index (χ2v) is 6.44. The first-order valence-corrected chi connectivity index (χ1v) is 8.59. The number of amides is 1. The summed E-state index contributed by atoms with van der Waals surface area (Å²) < 4.78 is 28.7. The van der Waals surface area contributed by atoms with E-state index < -0.39 is 12.7 Å². The molecular formula is C19H20F2N4O3. The Morgan fingerprint density at radius 3 is 2.50 bits per heavy atom. The van der Waals surface area contributed by atoms with E-state index in [9.17, 15) is 18.4 Å². The van der Waals surface area contributed by atoms with Crippen LogP contribution in [0.4, 0.5) is 14.5 Å². The number of ether oxygens (including phenoxy) is 1. The van der Waals surface area contributed by atoms with Gasteiger partial charge in [-0.25, -0.2) is 4.79 Å². The van der Waals surface area contributed by atoms with E-state index in [0.29, 0.717) is 23.3 Å². The van der Waals surface area contributed by atoms with Crippen molar-refractivity contribution in [3.05, 3.63) is 58.5 Å². The van der Waals surface area contributed by atoms with Crippen LogP contribution in [0.25, 0.3) is 11.0 Å². The summed E-state index contributed by atoms with van der Waals surface area (Å²) in [6.07, 6.45) is 0. The number of anilines is 1. The second kappa shape index (κ2) is 8.22. The molecule has 0 bridgehead atoms. The fraction of sp³-hybridized carbons (Fsp3) is 0.263. The molecule has 1 unspecified atom stereocenters. The minimum absolute atomic E-state index is 0.0883. The summed E-state index contributed by atoms with van der Waals surface area (Å²) in [7, 11) is 1.79. The number of H-pyrrole nitrogens is 2. The van der Waals surface area contributed by atoms with E-state index in [1.807, 2.05) is 4.90 Å². The van der Waals surface area contributed by atoms with Gasteiger partial charge in [-0.05, 0) is 49.9 Å². The Morgan fingerprint density at radius 2 is 1.82 bits per heavy atom. The highest BCUT2D eigenvalue weighted by molar-refractivity contribution is 5.96. The Kier molecular flexibility index (Phi) is 5.74. The van der Waals surface area contributed by atoms with Crippen LogP contribution in [0.1, 0.15) is 12.5 Å². The van der Waals surface area contributed by atoms with Crippen LogP contribution < -0.4 is 15.7 Å². The highest BCUT2D eigenvalue weighted by atomic mass is 19.3. The average Bonchev–Trinajstić information content (AvgIpc) is 3.01. The van der Waals surface area contributed by atoms with Crippen molar-refractivity contribution in [3.8, 4) is 5.75 Å². The molecule has 0 aliphatic carbocycles. The zero-order valence-corrected chi connectivity index (χ0v) is 15.3. The lowest BCUT2D eigenvalue weighted by atomic mass is 10.1. The number of fused-ring (bicyclic) bond motifs is 1. The Balaban J connectivity index is 1.60. The molecule has 9 heteroatoms. The number of hydrogen-bond acceptors (Lipinski definition) is 4. The number of aromatic nitrogens is 2. The molecule has 3 aromatic rings. The Bertz CT molecular complexity index is 1010. The monoisotopic (exact) mass is 390 g/mol. The number of alkyl halides is 2. The molecule has 0 saturated heterocycles. The van der Waals surface area contributed by atoms with Crippen molar-refractivity contribution in [2.75, 3.05) is 12.4 Å². The molecule has 0 radical (unpaired) electrons. The van der Waals surface area contributed by atoms with Crippen molar-refractivity contribution in [2.24, 2.45) is 0 Å². The molecule has 2 aromatic carbocycles. The van der Waals surface area contributed by atoms with Gasteiger partial charge in [0.25, 0.3) is 0 Å². The van der Waals surface area contributed by atoms with E-state index >= 15 is 0 Å². The number of nitrogens with one attached hydrogen (secondary N) is 3. The normalized spacial score (nSPS) is 12.5. The summed E-state index contributed by atoms with van der Waals surface area (Å²) in [6.45, 7) is -0.644. The van der Waals surface area contributed by atoms with E-state index in [-0.39, 0.29) is 17.3 Å². The maximum atomic E-state index is 12.5. The van der Waals surface area contributed by atoms with E-state index in [1.165, 1.54) is 12.1 Å². The van der Waals surface area contributed by atoms with Crippen molar-refractivity contribution in [1.29, 1.82) is 0 Å². The van der Waals surface area contributed by atoms with Crippen LogP contribution in [0.3, 0.4) is 0 Å². The molecule has 0 spiro atoms. The number of aromatic amines is 2. The number of halogens is 2. The molecule has 1 atom stereocenters. The SMILES string of the molecule is CC(C(=O)Nc1ccc2[nH]c(=O)[nH]c2c1)N(C)Cc1ccc(OC(F)F)cc1. The third kappa shape index (κ3) is 4.74. The fourth-order valence-electron chi connectivity index (χ4n) is 2.76. The molecule has 3 rings (SSSR count). The third-order valence-electron chi connectivity index (χ3n) is 4.40. The average molecular weight is 390 g/mol. The summed E-state index contributed by atoms with van der Waals surface area (Å²) >= 11 is 0. The highest BCUT2D eigenvalue weighted by Gasteiger charge is 2.18. The van der Waals surface area contributed by atoms with E-state index in [2.05, 4.69) is 20.0 Å². The number of hydrogen-bond donors (Lipinski definition) is 3. The highest BCUT2D eigenvalue weighted by Crippen LogP contribution is 2.18. The number of imidazole rings is 1. The smallest absolute Gasteiger partial charge is 0.387 e. The van der Waals surface area contributed by atoms with Gasteiger partial charge in [-0.1, -0.05) is 12.1 Å². The number of carbonyl (C=O) groups is 1. The van der Waals surface area contributed by atoms with Crippen molar-refractivity contribution < 1.29 is 18.3 Å².